The van der Waals surface area contributed by atoms with Crippen molar-refractivity contribution in [1.29, 1.82) is 0 Å². The summed E-state index contributed by atoms with van der Waals surface area (Å²) in [5.74, 6) is 0. The minimum Gasteiger partial charge on any atom is -0.309 e. The molecule has 2 heterocycles. The number of hydrogen-bond acceptors (Lipinski definition) is 1. The molecule has 0 bridgehead atoms. The van der Waals surface area contributed by atoms with Gasteiger partial charge in [-0.25, -0.2) is 0 Å². The highest BCUT2D eigenvalue weighted by molar-refractivity contribution is 6.09. The second-order valence-electron chi connectivity index (χ2n) is 7.71. The zero-order chi connectivity index (χ0) is 20.6. The Hall–Kier alpha value is -4.17. The predicted octanol–water partition coefficient (Wildman–Crippen LogP) is 7.51. The first-order chi connectivity index (χ1) is 15.4. The van der Waals surface area contributed by atoms with Gasteiger partial charge in [0.15, 0.2) is 0 Å². The molecule has 0 aliphatic carbocycles. The Morgan fingerprint density at radius 2 is 1.13 bits per heavy atom. The lowest BCUT2D eigenvalue weighted by atomic mass is 9.95. The lowest BCUT2D eigenvalue weighted by molar-refractivity contribution is 1.18. The fourth-order valence-corrected chi connectivity index (χ4v) is 4.52. The van der Waals surface area contributed by atoms with Gasteiger partial charge in [-0.05, 0) is 47.0 Å². The molecule has 0 atom stereocenters. The maximum atomic E-state index is 4.32. The SMILES string of the molecule is c1cncc(-c2ccccc2-c2cccc(-n3c4ccccc4c4ccccc43)c2)c1. The third-order valence-corrected chi connectivity index (χ3v) is 5.90. The summed E-state index contributed by atoms with van der Waals surface area (Å²) in [5, 5.41) is 2.55. The Bertz CT molecular complexity index is 1470. The van der Waals surface area contributed by atoms with Gasteiger partial charge in [0.2, 0.25) is 0 Å². The Labute approximate surface area is 181 Å². The summed E-state index contributed by atoms with van der Waals surface area (Å²) in [7, 11) is 0. The molecule has 0 saturated carbocycles. The lowest BCUT2D eigenvalue weighted by Crippen LogP contribution is -1.94. The zero-order valence-electron chi connectivity index (χ0n) is 16.9. The third-order valence-electron chi connectivity index (χ3n) is 5.90. The fraction of sp³-hybridized carbons (Fsp3) is 0. The number of para-hydroxylation sites is 2. The standard InChI is InChI=1S/C29H20N2/c1-2-13-25(22-10-8-18-30-20-22)24(12-1)21-9-7-11-23(19-21)31-28-16-5-3-14-26(28)27-15-4-6-17-29(27)31/h1-20H. The molecule has 146 valence electrons. The van der Waals surface area contributed by atoms with Crippen LogP contribution in [-0.4, -0.2) is 9.55 Å². The van der Waals surface area contributed by atoms with E-state index in [0.717, 1.165) is 11.3 Å². The Balaban J connectivity index is 1.59. The number of hydrogen-bond donors (Lipinski definition) is 0. The van der Waals surface area contributed by atoms with Crippen molar-refractivity contribution in [3.63, 3.8) is 0 Å². The van der Waals surface area contributed by atoms with Crippen LogP contribution in [0.4, 0.5) is 0 Å². The normalized spacial score (nSPS) is 11.2. The number of rotatable bonds is 3. The summed E-state index contributed by atoms with van der Waals surface area (Å²) in [4.78, 5) is 4.32. The van der Waals surface area contributed by atoms with E-state index >= 15 is 0 Å². The summed E-state index contributed by atoms with van der Waals surface area (Å²) in [6, 6.07) is 38.7. The summed E-state index contributed by atoms with van der Waals surface area (Å²) < 4.78 is 2.36. The van der Waals surface area contributed by atoms with Crippen molar-refractivity contribution in [1.82, 2.24) is 9.55 Å². The Morgan fingerprint density at radius 3 is 1.81 bits per heavy atom. The molecule has 2 aromatic heterocycles. The third kappa shape index (κ3) is 2.92. The number of pyridine rings is 1. The molecule has 0 aliphatic rings. The molecular weight excluding hydrogens is 376 g/mol. The monoisotopic (exact) mass is 396 g/mol. The highest BCUT2D eigenvalue weighted by atomic mass is 15.0. The summed E-state index contributed by atoms with van der Waals surface area (Å²) >= 11 is 0. The van der Waals surface area contributed by atoms with Crippen LogP contribution in [0.3, 0.4) is 0 Å². The van der Waals surface area contributed by atoms with Gasteiger partial charge in [0, 0.05) is 34.4 Å². The molecular formula is C29H20N2. The molecule has 31 heavy (non-hydrogen) atoms. The molecule has 0 saturated heterocycles. The molecule has 0 N–H and O–H groups in total. The predicted molar refractivity (Wildman–Crippen MR) is 129 cm³/mol. The van der Waals surface area contributed by atoms with E-state index in [9.17, 15) is 0 Å². The minimum absolute atomic E-state index is 1.13. The second-order valence-corrected chi connectivity index (χ2v) is 7.71. The van der Waals surface area contributed by atoms with E-state index in [1.807, 2.05) is 18.5 Å². The fourth-order valence-electron chi connectivity index (χ4n) is 4.52. The van der Waals surface area contributed by atoms with Gasteiger partial charge >= 0.3 is 0 Å². The molecule has 0 spiro atoms. The zero-order valence-corrected chi connectivity index (χ0v) is 16.9. The molecule has 0 amide bonds. The highest BCUT2D eigenvalue weighted by Gasteiger charge is 2.13. The molecule has 4 aromatic carbocycles. The first-order valence-corrected chi connectivity index (χ1v) is 10.5. The van der Waals surface area contributed by atoms with Crippen LogP contribution >= 0.6 is 0 Å². The van der Waals surface area contributed by atoms with E-state index in [1.54, 1.807) is 0 Å². The number of benzene rings is 4. The summed E-state index contributed by atoms with van der Waals surface area (Å²) in [6.45, 7) is 0. The molecule has 0 radical (unpaired) electrons. The first-order valence-electron chi connectivity index (χ1n) is 10.5. The molecule has 6 rings (SSSR count). The molecule has 6 aromatic rings. The number of aromatic nitrogens is 2. The van der Waals surface area contributed by atoms with E-state index < -0.39 is 0 Å². The Morgan fingerprint density at radius 1 is 0.516 bits per heavy atom. The Kier molecular flexibility index (Phi) is 4.14. The van der Waals surface area contributed by atoms with Gasteiger partial charge < -0.3 is 4.57 Å². The van der Waals surface area contributed by atoms with Crippen molar-refractivity contribution in [3.05, 3.63) is 122 Å². The molecule has 2 heteroatoms. The largest absolute Gasteiger partial charge is 0.309 e. The number of fused-ring (bicyclic) bond motifs is 3. The van der Waals surface area contributed by atoms with Crippen LogP contribution in [-0.2, 0) is 0 Å². The quantitative estimate of drug-likeness (QED) is 0.303. The van der Waals surface area contributed by atoms with Crippen molar-refractivity contribution in [3.8, 4) is 27.9 Å². The molecule has 0 fully saturated rings. The molecule has 0 aliphatic heterocycles. The molecule has 0 unspecified atom stereocenters. The van der Waals surface area contributed by atoms with E-state index in [2.05, 4.69) is 113 Å². The summed E-state index contributed by atoms with van der Waals surface area (Å²) in [5.41, 5.74) is 8.32. The van der Waals surface area contributed by atoms with Crippen LogP contribution in [0.5, 0.6) is 0 Å². The van der Waals surface area contributed by atoms with Gasteiger partial charge in [-0.3, -0.25) is 4.98 Å². The van der Waals surface area contributed by atoms with Crippen molar-refractivity contribution in [2.45, 2.75) is 0 Å². The van der Waals surface area contributed by atoms with Gasteiger partial charge in [-0.2, -0.15) is 0 Å². The van der Waals surface area contributed by atoms with Crippen LogP contribution in [0, 0.1) is 0 Å². The van der Waals surface area contributed by atoms with E-state index in [0.29, 0.717) is 0 Å². The smallest absolute Gasteiger partial charge is 0.0541 e. The first kappa shape index (κ1) is 17.7. The average Bonchev–Trinajstić information content (AvgIpc) is 3.19. The van der Waals surface area contributed by atoms with Crippen LogP contribution < -0.4 is 0 Å². The topological polar surface area (TPSA) is 17.8 Å². The molecule has 2 nitrogen and oxygen atoms in total. The van der Waals surface area contributed by atoms with Crippen molar-refractivity contribution in [2.75, 3.05) is 0 Å². The van der Waals surface area contributed by atoms with Crippen LogP contribution in [0.15, 0.2) is 122 Å². The average molecular weight is 396 g/mol. The van der Waals surface area contributed by atoms with Crippen LogP contribution in [0.25, 0.3) is 49.7 Å². The van der Waals surface area contributed by atoms with Gasteiger partial charge in [0.05, 0.1) is 11.0 Å². The van der Waals surface area contributed by atoms with Crippen LogP contribution in [0.1, 0.15) is 0 Å². The van der Waals surface area contributed by atoms with Gasteiger partial charge in [0.25, 0.3) is 0 Å². The highest BCUT2D eigenvalue weighted by Crippen LogP contribution is 2.35. The van der Waals surface area contributed by atoms with E-state index in [1.165, 1.54) is 38.5 Å². The number of nitrogens with zero attached hydrogens (tertiary/aromatic N) is 2. The van der Waals surface area contributed by atoms with Crippen LogP contribution in [0.2, 0.25) is 0 Å². The van der Waals surface area contributed by atoms with E-state index in [4.69, 9.17) is 0 Å². The maximum absolute atomic E-state index is 4.32. The van der Waals surface area contributed by atoms with E-state index in [-0.39, 0.29) is 0 Å². The van der Waals surface area contributed by atoms with Crippen molar-refractivity contribution < 1.29 is 0 Å². The lowest BCUT2D eigenvalue weighted by Gasteiger charge is -2.13. The summed E-state index contributed by atoms with van der Waals surface area (Å²) in [6.07, 6.45) is 3.74. The maximum Gasteiger partial charge on any atom is 0.0541 e. The van der Waals surface area contributed by atoms with Crippen molar-refractivity contribution in [2.24, 2.45) is 0 Å². The van der Waals surface area contributed by atoms with Crippen molar-refractivity contribution >= 4 is 21.8 Å². The van der Waals surface area contributed by atoms with Gasteiger partial charge in [-0.1, -0.05) is 78.9 Å². The minimum atomic E-state index is 1.13. The van der Waals surface area contributed by atoms with Gasteiger partial charge in [0.1, 0.15) is 0 Å². The second kappa shape index (κ2) is 7.26. The van der Waals surface area contributed by atoms with Gasteiger partial charge in [-0.15, -0.1) is 0 Å².